The molecule has 0 radical (unpaired) electrons. The molecule has 2 aliphatic rings. The SMILES string of the molecule is O=C(COc1cccnc1)N1CC(N2C(=O)CNC2=O)C1. The third-order valence-electron chi connectivity index (χ3n) is 3.46. The van der Waals surface area contributed by atoms with Crippen LogP contribution in [0.2, 0.25) is 0 Å². The summed E-state index contributed by atoms with van der Waals surface area (Å²) in [4.78, 5) is 41.5. The summed E-state index contributed by atoms with van der Waals surface area (Å²) in [5.74, 6) is 0.0999. The van der Waals surface area contributed by atoms with Gasteiger partial charge in [-0.3, -0.25) is 19.5 Å². The monoisotopic (exact) mass is 290 g/mol. The van der Waals surface area contributed by atoms with Crippen molar-refractivity contribution in [2.75, 3.05) is 26.2 Å². The van der Waals surface area contributed by atoms with Gasteiger partial charge in [0.2, 0.25) is 5.91 Å². The first kappa shape index (κ1) is 13.3. The highest BCUT2D eigenvalue weighted by Crippen LogP contribution is 2.18. The van der Waals surface area contributed by atoms with E-state index in [4.69, 9.17) is 4.74 Å². The number of imide groups is 1. The van der Waals surface area contributed by atoms with E-state index in [1.165, 1.54) is 11.1 Å². The van der Waals surface area contributed by atoms with Crippen LogP contribution in [-0.2, 0) is 9.59 Å². The lowest BCUT2D eigenvalue weighted by Crippen LogP contribution is -2.63. The first-order valence-electron chi connectivity index (χ1n) is 6.55. The van der Waals surface area contributed by atoms with Gasteiger partial charge in [-0.05, 0) is 12.1 Å². The lowest BCUT2D eigenvalue weighted by molar-refractivity contribution is -0.143. The van der Waals surface area contributed by atoms with Crippen molar-refractivity contribution in [3.63, 3.8) is 0 Å². The lowest BCUT2D eigenvalue weighted by atomic mass is 10.1. The van der Waals surface area contributed by atoms with Crippen LogP contribution in [0.5, 0.6) is 5.75 Å². The van der Waals surface area contributed by atoms with Gasteiger partial charge in [-0.25, -0.2) is 4.79 Å². The zero-order chi connectivity index (χ0) is 14.8. The lowest BCUT2D eigenvalue weighted by Gasteiger charge is -2.42. The van der Waals surface area contributed by atoms with Crippen molar-refractivity contribution >= 4 is 17.8 Å². The minimum atomic E-state index is -0.385. The molecule has 1 aromatic heterocycles. The van der Waals surface area contributed by atoms with E-state index >= 15 is 0 Å². The van der Waals surface area contributed by atoms with Gasteiger partial charge in [-0.15, -0.1) is 0 Å². The number of carbonyl (C=O) groups excluding carboxylic acids is 3. The van der Waals surface area contributed by atoms with Gasteiger partial charge in [0.1, 0.15) is 5.75 Å². The molecule has 3 rings (SSSR count). The molecule has 8 nitrogen and oxygen atoms in total. The number of pyridine rings is 1. The fourth-order valence-electron chi connectivity index (χ4n) is 2.30. The second-order valence-electron chi connectivity index (χ2n) is 4.85. The van der Waals surface area contributed by atoms with Gasteiger partial charge in [-0.1, -0.05) is 0 Å². The first-order chi connectivity index (χ1) is 10.1. The summed E-state index contributed by atoms with van der Waals surface area (Å²) in [6.07, 6.45) is 3.15. The number of likely N-dealkylation sites (tertiary alicyclic amines) is 1. The van der Waals surface area contributed by atoms with E-state index in [1.807, 2.05) is 0 Å². The van der Waals surface area contributed by atoms with Gasteiger partial charge in [0, 0.05) is 19.3 Å². The number of rotatable bonds is 4. The molecule has 0 unspecified atom stereocenters. The molecule has 21 heavy (non-hydrogen) atoms. The minimum absolute atomic E-state index is 0.0351. The Bertz CT molecular complexity index is 555. The molecule has 2 fully saturated rings. The van der Waals surface area contributed by atoms with Crippen LogP contribution in [0.4, 0.5) is 4.79 Å². The van der Waals surface area contributed by atoms with Crippen LogP contribution in [0.1, 0.15) is 0 Å². The van der Waals surface area contributed by atoms with Gasteiger partial charge in [0.05, 0.1) is 18.8 Å². The summed E-state index contributed by atoms with van der Waals surface area (Å²) in [5.41, 5.74) is 0. The van der Waals surface area contributed by atoms with Crippen molar-refractivity contribution in [2.24, 2.45) is 0 Å². The zero-order valence-corrected chi connectivity index (χ0v) is 11.2. The maximum Gasteiger partial charge on any atom is 0.324 e. The van der Waals surface area contributed by atoms with E-state index < -0.39 is 0 Å². The normalized spacial score (nSPS) is 18.5. The topological polar surface area (TPSA) is 91.8 Å². The highest BCUT2D eigenvalue weighted by atomic mass is 16.5. The molecule has 4 amide bonds. The summed E-state index contributed by atoms with van der Waals surface area (Å²) in [5, 5.41) is 2.46. The number of carbonyl (C=O) groups is 3. The molecule has 2 aliphatic heterocycles. The number of nitrogens with one attached hydrogen (secondary N) is 1. The van der Waals surface area contributed by atoms with Crippen molar-refractivity contribution < 1.29 is 19.1 Å². The summed E-state index contributed by atoms with van der Waals surface area (Å²) < 4.78 is 5.31. The third kappa shape index (κ3) is 2.64. The Kier molecular flexibility index (Phi) is 3.43. The number of hydrogen-bond donors (Lipinski definition) is 1. The van der Waals surface area contributed by atoms with E-state index in [-0.39, 0.29) is 37.0 Å². The Morgan fingerprint density at radius 3 is 2.86 bits per heavy atom. The summed E-state index contributed by atoms with van der Waals surface area (Å²) in [6.45, 7) is 0.661. The molecule has 0 spiro atoms. The van der Waals surface area contributed by atoms with Crippen LogP contribution in [0.25, 0.3) is 0 Å². The number of amides is 4. The van der Waals surface area contributed by atoms with Crippen molar-refractivity contribution in [3.8, 4) is 5.75 Å². The maximum atomic E-state index is 11.9. The Morgan fingerprint density at radius 1 is 1.43 bits per heavy atom. The van der Waals surface area contributed by atoms with Gasteiger partial charge >= 0.3 is 6.03 Å². The van der Waals surface area contributed by atoms with Crippen LogP contribution >= 0.6 is 0 Å². The summed E-state index contributed by atoms with van der Waals surface area (Å²) in [7, 11) is 0. The second kappa shape index (κ2) is 5.39. The molecule has 110 valence electrons. The fraction of sp³-hybridized carbons (Fsp3) is 0.385. The van der Waals surface area contributed by atoms with E-state index in [0.29, 0.717) is 18.8 Å². The Hall–Kier alpha value is -2.64. The minimum Gasteiger partial charge on any atom is -0.482 e. The van der Waals surface area contributed by atoms with Gasteiger partial charge in [0.15, 0.2) is 6.61 Å². The zero-order valence-electron chi connectivity index (χ0n) is 11.2. The predicted octanol–water partition coefficient (Wildman–Crippen LogP) is -0.777. The number of nitrogens with zero attached hydrogens (tertiary/aromatic N) is 3. The maximum absolute atomic E-state index is 11.9. The average Bonchev–Trinajstić information content (AvgIpc) is 2.77. The van der Waals surface area contributed by atoms with Crippen molar-refractivity contribution in [1.29, 1.82) is 0 Å². The molecular formula is C13H14N4O4. The largest absolute Gasteiger partial charge is 0.482 e. The van der Waals surface area contributed by atoms with Crippen LogP contribution in [0, 0.1) is 0 Å². The first-order valence-corrected chi connectivity index (χ1v) is 6.55. The number of ether oxygens (including phenoxy) is 1. The summed E-state index contributed by atoms with van der Waals surface area (Å²) >= 11 is 0. The van der Waals surface area contributed by atoms with E-state index in [2.05, 4.69) is 10.3 Å². The number of aromatic nitrogens is 1. The van der Waals surface area contributed by atoms with Gasteiger partial charge < -0.3 is 15.0 Å². The Balaban J connectivity index is 1.46. The number of hydrogen-bond acceptors (Lipinski definition) is 5. The van der Waals surface area contributed by atoms with Gasteiger partial charge in [0.25, 0.3) is 5.91 Å². The smallest absolute Gasteiger partial charge is 0.324 e. The molecule has 0 aromatic carbocycles. The van der Waals surface area contributed by atoms with Gasteiger partial charge in [-0.2, -0.15) is 0 Å². The number of urea groups is 1. The molecule has 3 heterocycles. The van der Waals surface area contributed by atoms with Crippen LogP contribution in [0.3, 0.4) is 0 Å². The molecule has 0 aliphatic carbocycles. The third-order valence-corrected chi connectivity index (χ3v) is 3.46. The molecule has 2 saturated heterocycles. The van der Waals surface area contributed by atoms with Crippen molar-refractivity contribution in [2.45, 2.75) is 6.04 Å². The molecule has 8 heteroatoms. The highest BCUT2D eigenvalue weighted by Gasteiger charge is 2.42. The van der Waals surface area contributed by atoms with Crippen LogP contribution < -0.4 is 10.1 Å². The van der Waals surface area contributed by atoms with Crippen LogP contribution in [-0.4, -0.2) is 64.9 Å². The highest BCUT2D eigenvalue weighted by molar-refractivity contribution is 6.02. The Labute approximate surface area is 120 Å². The van der Waals surface area contributed by atoms with Crippen LogP contribution in [0.15, 0.2) is 24.5 Å². The molecule has 0 saturated carbocycles. The fourth-order valence-corrected chi connectivity index (χ4v) is 2.30. The molecule has 1 N–H and O–H groups in total. The summed E-state index contributed by atoms with van der Waals surface area (Å²) in [6, 6.07) is 2.81. The quantitative estimate of drug-likeness (QED) is 0.735. The predicted molar refractivity (Wildman–Crippen MR) is 70.3 cm³/mol. The molecule has 1 aromatic rings. The van der Waals surface area contributed by atoms with E-state index in [9.17, 15) is 14.4 Å². The van der Waals surface area contributed by atoms with Crippen molar-refractivity contribution in [1.82, 2.24) is 20.1 Å². The molecule has 0 bridgehead atoms. The molecule has 0 atom stereocenters. The molecular weight excluding hydrogens is 276 g/mol. The second-order valence-corrected chi connectivity index (χ2v) is 4.85. The van der Waals surface area contributed by atoms with E-state index in [0.717, 1.165) is 0 Å². The average molecular weight is 290 g/mol. The van der Waals surface area contributed by atoms with E-state index in [1.54, 1.807) is 23.2 Å². The standard InChI is InChI=1S/C13H14N4O4/c18-11-5-15-13(20)17(11)9-6-16(7-9)12(19)8-21-10-2-1-3-14-4-10/h1-4,9H,5-8H2,(H,15,20). The van der Waals surface area contributed by atoms with Crippen molar-refractivity contribution in [3.05, 3.63) is 24.5 Å². The Morgan fingerprint density at radius 2 is 2.24 bits per heavy atom.